The Kier molecular flexibility index (Phi) is 2.91. The van der Waals surface area contributed by atoms with Crippen molar-refractivity contribution in [3.8, 4) is 5.75 Å². The molecular formula is C10H10BrN3O. The second-order valence-corrected chi connectivity index (χ2v) is 3.86. The van der Waals surface area contributed by atoms with Crippen molar-refractivity contribution in [2.24, 2.45) is 0 Å². The second-order valence-electron chi connectivity index (χ2n) is 2.94. The van der Waals surface area contributed by atoms with Crippen LogP contribution < -0.4 is 10.1 Å². The normalized spacial score (nSPS) is 10.0. The van der Waals surface area contributed by atoms with Crippen molar-refractivity contribution in [3.63, 3.8) is 0 Å². The Bertz CT molecular complexity index is 442. The van der Waals surface area contributed by atoms with Crippen molar-refractivity contribution in [2.45, 2.75) is 0 Å². The van der Waals surface area contributed by atoms with E-state index in [0.29, 0.717) is 5.95 Å². The van der Waals surface area contributed by atoms with E-state index in [0.717, 1.165) is 15.9 Å². The van der Waals surface area contributed by atoms with Crippen LogP contribution in [-0.4, -0.2) is 17.1 Å². The number of hydrogen-bond acceptors (Lipinski definition) is 3. The third-order valence-corrected chi connectivity index (χ3v) is 2.33. The number of nitrogens with one attached hydrogen (secondary N) is 2. The zero-order valence-electron chi connectivity index (χ0n) is 8.12. The third-order valence-electron chi connectivity index (χ3n) is 1.87. The van der Waals surface area contributed by atoms with Crippen LogP contribution in [0, 0.1) is 0 Å². The zero-order valence-corrected chi connectivity index (χ0v) is 9.71. The number of halogens is 1. The summed E-state index contributed by atoms with van der Waals surface area (Å²) in [5, 5.41) is 3.12. The number of rotatable bonds is 3. The predicted molar refractivity (Wildman–Crippen MR) is 62.6 cm³/mol. The maximum Gasteiger partial charge on any atom is 0.204 e. The summed E-state index contributed by atoms with van der Waals surface area (Å²) in [4.78, 5) is 7.04. The summed E-state index contributed by atoms with van der Waals surface area (Å²) in [5.41, 5.74) is 0.913. The van der Waals surface area contributed by atoms with E-state index in [-0.39, 0.29) is 0 Å². The molecule has 1 heterocycles. The molecule has 0 bridgehead atoms. The first-order valence-corrected chi connectivity index (χ1v) is 5.18. The Balaban J connectivity index is 2.24. The highest BCUT2D eigenvalue weighted by Gasteiger charge is 2.00. The van der Waals surface area contributed by atoms with E-state index in [9.17, 15) is 0 Å². The standard InChI is InChI=1S/C10H10BrN3O/c1-15-9-5-7(11)4-8(6-9)14-10-12-2-3-13-10/h2-6H,1H3,(H2,12,13,14). The van der Waals surface area contributed by atoms with Gasteiger partial charge < -0.3 is 15.0 Å². The lowest BCUT2D eigenvalue weighted by molar-refractivity contribution is 0.415. The van der Waals surface area contributed by atoms with E-state index in [1.807, 2.05) is 18.2 Å². The van der Waals surface area contributed by atoms with Gasteiger partial charge in [-0.15, -0.1) is 0 Å². The Labute approximate surface area is 95.8 Å². The lowest BCUT2D eigenvalue weighted by atomic mass is 10.3. The molecule has 78 valence electrons. The van der Waals surface area contributed by atoms with Crippen molar-refractivity contribution < 1.29 is 4.74 Å². The average molecular weight is 268 g/mol. The van der Waals surface area contributed by atoms with E-state index in [1.54, 1.807) is 19.5 Å². The van der Waals surface area contributed by atoms with Gasteiger partial charge in [-0.1, -0.05) is 15.9 Å². The van der Waals surface area contributed by atoms with E-state index in [4.69, 9.17) is 4.74 Å². The van der Waals surface area contributed by atoms with Gasteiger partial charge in [0.1, 0.15) is 5.75 Å². The first-order chi connectivity index (χ1) is 7.28. The minimum atomic E-state index is 0.704. The van der Waals surface area contributed by atoms with Gasteiger partial charge in [0.05, 0.1) is 7.11 Å². The molecule has 0 atom stereocenters. The number of ether oxygens (including phenoxy) is 1. The molecule has 4 nitrogen and oxygen atoms in total. The van der Waals surface area contributed by atoms with Gasteiger partial charge in [-0.25, -0.2) is 4.98 Å². The molecule has 2 rings (SSSR count). The van der Waals surface area contributed by atoms with Gasteiger partial charge in [0.25, 0.3) is 0 Å². The average Bonchev–Trinajstić information content (AvgIpc) is 2.69. The summed E-state index contributed by atoms with van der Waals surface area (Å²) in [6.45, 7) is 0. The Morgan fingerprint density at radius 2 is 2.27 bits per heavy atom. The van der Waals surface area contributed by atoms with Crippen LogP contribution in [0.25, 0.3) is 0 Å². The molecule has 0 saturated heterocycles. The molecule has 0 radical (unpaired) electrons. The minimum absolute atomic E-state index is 0.704. The zero-order chi connectivity index (χ0) is 10.7. The maximum absolute atomic E-state index is 5.15. The van der Waals surface area contributed by atoms with E-state index < -0.39 is 0 Å². The molecule has 15 heavy (non-hydrogen) atoms. The fourth-order valence-electron chi connectivity index (χ4n) is 1.22. The summed E-state index contributed by atoms with van der Waals surface area (Å²) in [7, 11) is 1.64. The summed E-state index contributed by atoms with van der Waals surface area (Å²) >= 11 is 3.41. The maximum atomic E-state index is 5.15. The molecule has 0 fully saturated rings. The van der Waals surface area contributed by atoms with Crippen LogP contribution in [0.1, 0.15) is 0 Å². The van der Waals surface area contributed by atoms with Crippen LogP contribution in [0.4, 0.5) is 11.6 Å². The number of anilines is 2. The topological polar surface area (TPSA) is 49.9 Å². The summed E-state index contributed by atoms with van der Waals surface area (Å²) in [6.07, 6.45) is 3.45. The number of H-pyrrole nitrogens is 1. The predicted octanol–water partition coefficient (Wildman–Crippen LogP) is 2.92. The van der Waals surface area contributed by atoms with Crippen LogP contribution in [-0.2, 0) is 0 Å². The number of benzene rings is 1. The van der Waals surface area contributed by atoms with Crippen LogP contribution in [0.15, 0.2) is 35.1 Å². The molecule has 0 aliphatic carbocycles. The molecule has 2 N–H and O–H groups in total. The second kappa shape index (κ2) is 4.35. The molecule has 0 aliphatic heterocycles. The Morgan fingerprint density at radius 3 is 2.93 bits per heavy atom. The molecule has 0 saturated carbocycles. The van der Waals surface area contributed by atoms with Crippen LogP contribution >= 0.6 is 15.9 Å². The van der Waals surface area contributed by atoms with Crippen molar-refractivity contribution >= 4 is 27.6 Å². The number of methoxy groups -OCH3 is 1. The Morgan fingerprint density at radius 1 is 1.40 bits per heavy atom. The van der Waals surface area contributed by atoms with Gasteiger partial charge >= 0.3 is 0 Å². The number of hydrogen-bond donors (Lipinski definition) is 2. The first-order valence-electron chi connectivity index (χ1n) is 4.39. The van der Waals surface area contributed by atoms with Crippen LogP contribution in [0.3, 0.4) is 0 Å². The van der Waals surface area contributed by atoms with Gasteiger partial charge in [-0.05, 0) is 12.1 Å². The highest BCUT2D eigenvalue weighted by atomic mass is 79.9. The van der Waals surface area contributed by atoms with Crippen LogP contribution in [0.5, 0.6) is 5.75 Å². The number of aromatic nitrogens is 2. The molecule has 0 amide bonds. The lowest BCUT2D eigenvalue weighted by Crippen LogP contribution is -1.93. The first kappa shape index (κ1) is 10.0. The monoisotopic (exact) mass is 267 g/mol. The van der Waals surface area contributed by atoms with Crippen molar-refractivity contribution in [3.05, 3.63) is 35.1 Å². The fourth-order valence-corrected chi connectivity index (χ4v) is 1.70. The third kappa shape index (κ3) is 2.50. The SMILES string of the molecule is COc1cc(Br)cc(Nc2ncc[nH]2)c1. The highest BCUT2D eigenvalue weighted by Crippen LogP contribution is 2.25. The fraction of sp³-hybridized carbons (Fsp3) is 0.100. The molecule has 1 aromatic carbocycles. The molecule has 0 spiro atoms. The number of aromatic amines is 1. The Hall–Kier alpha value is -1.49. The molecule has 2 aromatic rings. The number of nitrogens with zero attached hydrogens (tertiary/aromatic N) is 1. The van der Waals surface area contributed by atoms with Gasteiger partial charge in [-0.3, -0.25) is 0 Å². The molecule has 5 heteroatoms. The molecule has 1 aromatic heterocycles. The van der Waals surface area contributed by atoms with Gasteiger partial charge in [-0.2, -0.15) is 0 Å². The lowest BCUT2D eigenvalue weighted by Gasteiger charge is -2.06. The quantitative estimate of drug-likeness (QED) is 0.899. The van der Waals surface area contributed by atoms with Crippen molar-refractivity contribution in [2.75, 3.05) is 12.4 Å². The largest absolute Gasteiger partial charge is 0.497 e. The summed E-state index contributed by atoms with van der Waals surface area (Å²) in [6, 6.07) is 5.74. The van der Waals surface area contributed by atoms with Crippen LogP contribution in [0.2, 0.25) is 0 Å². The van der Waals surface area contributed by atoms with Crippen molar-refractivity contribution in [1.82, 2.24) is 9.97 Å². The van der Waals surface area contributed by atoms with Gasteiger partial charge in [0, 0.05) is 28.6 Å². The summed E-state index contributed by atoms with van der Waals surface area (Å²) < 4.78 is 6.11. The molecule has 0 aliphatic rings. The highest BCUT2D eigenvalue weighted by molar-refractivity contribution is 9.10. The van der Waals surface area contributed by atoms with E-state index in [1.165, 1.54) is 0 Å². The smallest absolute Gasteiger partial charge is 0.204 e. The van der Waals surface area contributed by atoms with Crippen molar-refractivity contribution in [1.29, 1.82) is 0 Å². The van der Waals surface area contributed by atoms with Gasteiger partial charge in [0.15, 0.2) is 0 Å². The minimum Gasteiger partial charge on any atom is -0.497 e. The summed E-state index contributed by atoms with van der Waals surface area (Å²) in [5.74, 6) is 1.49. The van der Waals surface area contributed by atoms with E-state index in [2.05, 4.69) is 31.2 Å². The number of imidazole rings is 1. The molecule has 0 unspecified atom stereocenters. The molecular weight excluding hydrogens is 258 g/mol. The van der Waals surface area contributed by atoms with E-state index >= 15 is 0 Å². The van der Waals surface area contributed by atoms with Gasteiger partial charge in [0.2, 0.25) is 5.95 Å².